The minimum Gasteiger partial charge on any atom is -0.449 e. The summed E-state index contributed by atoms with van der Waals surface area (Å²) in [5.74, 6) is -0.435. The third-order valence-electron chi connectivity index (χ3n) is 5.40. The van der Waals surface area contributed by atoms with Gasteiger partial charge in [-0.1, -0.05) is 80.6 Å². The Bertz CT molecular complexity index is 1170. The summed E-state index contributed by atoms with van der Waals surface area (Å²) in [5, 5.41) is 12.3. The van der Waals surface area contributed by atoms with Crippen LogP contribution >= 0.6 is 23.6 Å². The monoisotopic (exact) mass is 468 g/mol. The molecule has 1 aliphatic rings. The molecule has 1 heterocycles. The molecule has 7 nitrogen and oxygen atoms in total. The second-order valence-corrected chi connectivity index (χ2v) is 10.3. The summed E-state index contributed by atoms with van der Waals surface area (Å²) >= 11 is 6.15. The molecule has 0 fully saturated rings. The molecule has 0 saturated carbocycles. The predicted octanol–water partition coefficient (Wildman–Crippen LogP) is 5.09. The highest BCUT2D eigenvalue weighted by Gasteiger charge is 2.35. The molecule has 166 valence electrons. The second-order valence-electron chi connectivity index (χ2n) is 8.68. The fourth-order valence-electron chi connectivity index (χ4n) is 3.89. The largest absolute Gasteiger partial charge is 0.449 e. The van der Waals surface area contributed by atoms with E-state index in [1.807, 2.05) is 45.0 Å². The van der Waals surface area contributed by atoms with Gasteiger partial charge >= 0.3 is 6.09 Å². The average Bonchev–Trinajstić information content (AvgIpc) is 3.30. The number of benzene rings is 2. The number of ether oxygens (including phenoxy) is 1. The maximum Gasteiger partial charge on any atom is 0.407 e. The van der Waals surface area contributed by atoms with Gasteiger partial charge < -0.3 is 10.1 Å². The smallest absolute Gasteiger partial charge is 0.407 e. The molecule has 2 aromatic carbocycles. The molecule has 1 aromatic heterocycles. The maximum absolute atomic E-state index is 12.8. The van der Waals surface area contributed by atoms with E-state index in [9.17, 15) is 9.59 Å². The summed E-state index contributed by atoms with van der Waals surface area (Å²) in [5.41, 5.74) is 4.03. The van der Waals surface area contributed by atoms with Gasteiger partial charge in [0.2, 0.25) is 11.0 Å². The molecule has 1 aliphatic carbocycles. The number of carbonyl (C=O) groups is 2. The summed E-state index contributed by atoms with van der Waals surface area (Å²) in [4.78, 5) is 25.5. The summed E-state index contributed by atoms with van der Waals surface area (Å²) in [6.07, 6.45) is -0.642. The number of amides is 2. The first-order valence-electron chi connectivity index (χ1n) is 10.2. The highest BCUT2D eigenvalue weighted by Crippen LogP contribution is 2.44. The fourth-order valence-corrected chi connectivity index (χ4v) is 4.69. The number of hydrogen-bond acceptors (Lipinski definition) is 6. The molecular formula is C23H24N4O3S2. The number of anilines is 1. The first-order valence-corrected chi connectivity index (χ1v) is 11.4. The van der Waals surface area contributed by atoms with Gasteiger partial charge in [-0.25, -0.2) is 4.79 Å². The van der Waals surface area contributed by atoms with E-state index in [0.717, 1.165) is 33.6 Å². The van der Waals surface area contributed by atoms with E-state index >= 15 is 0 Å². The standard InChI is InChI=1S/C23H24N4O3S2/c1-23(2,3)18(19(28)25-20-26-27-22(31)32-20)24-21(29)30-12-17-15-10-6-4-8-13(15)14-9-5-7-11-16(14)17/h4-11,17-18H,12H2,1-3H3,(H,24,29)(H,27,31)(H,25,26,28)/t18-/m1/s1. The van der Waals surface area contributed by atoms with Crippen molar-refractivity contribution in [2.75, 3.05) is 11.9 Å². The van der Waals surface area contributed by atoms with Gasteiger partial charge in [-0.05, 0) is 39.9 Å². The van der Waals surface area contributed by atoms with Crippen LogP contribution in [0.25, 0.3) is 11.1 Å². The Morgan fingerprint density at radius 3 is 2.25 bits per heavy atom. The van der Waals surface area contributed by atoms with Gasteiger partial charge in [-0.15, -0.1) is 5.10 Å². The van der Waals surface area contributed by atoms with Gasteiger partial charge in [0.05, 0.1) is 0 Å². The molecule has 9 heteroatoms. The number of nitrogens with one attached hydrogen (secondary N) is 3. The number of H-pyrrole nitrogens is 1. The van der Waals surface area contributed by atoms with E-state index < -0.39 is 17.6 Å². The first-order chi connectivity index (χ1) is 15.2. The van der Waals surface area contributed by atoms with Crippen molar-refractivity contribution < 1.29 is 14.3 Å². The molecule has 0 saturated heterocycles. The lowest BCUT2D eigenvalue weighted by atomic mass is 9.86. The van der Waals surface area contributed by atoms with Crippen LogP contribution in [-0.4, -0.2) is 34.8 Å². The summed E-state index contributed by atoms with van der Waals surface area (Å²) in [7, 11) is 0. The van der Waals surface area contributed by atoms with Gasteiger partial charge in [0, 0.05) is 5.92 Å². The third kappa shape index (κ3) is 4.58. The zero-order valence-corrected chi connectivity index (χ0v) is 19.6. The molecular weight excluding hydrogens is 444 g/mol. The average molecular weight is 469 g/mol. The van der Waals surface area contributed by atoms with Crippen LogP contribution in [0.5, 0.6) is 0 Å². The first kappa shape index (κ1) is 22.2. The molecule has 3 aromatic rings. The number of aromatic nitrogens is 2. The minimum absolute atomic E-state index is 0.0496. The van der Waals surface area contributed by atoms with E-state index in [1.165, 1.54) is 0 Å². The van der Waals surface area contributed by atoms with Crippen molar-refractivity contribution in [3.63, 3.8) is 0 Å². The quantitative estimate of drug-likeness (QED) is 0.453. The third-order valence-corrected chi connectivity index (χ3v) is 6.41. The van der Waals surface area contributed by atoms with Crippen molar-refractivity contribution in [2.24, 2.45) is 5.41 Å². The van der Waals surface area contributed by atoms with Crippen LogP contribution in [0.3, 0.4) is 0 Å². The molecule has 0 spiro atoms. The van der Waals surface area contributed by atoms with Crippen LogP contribution in [-0.2, 0) is 9.53 Å². The van der Waals surface area contributed by atoms with Gasteiger partial charge in [0.25, 0.3) is 0 Å². The Morgan fingerprint density at radius 1 is 1.12 bits per heavy atom. The number of nitrogens with zero attached hydrogens (tertiary/aromatic N) is 1. The van der Waals surface area contributed by atoms with Crippen LogP contribution in [0.15, 0.2) is 48.5 Å². The fraction of sp³-hybridized carbons (Fsp3) is 0.304. The summed E-state index contributed by atoms with van der Waals surface area (Å²) < 4.78 is 6.06. The van der Waals surface area contributed by atoms with Crippen molar-refractivity contribution >= 4 is 40.7 Å². The number of aromatic amines is 1. The van der Waals surface area contributed by atoms with Gasteiger partial charge in [0.15, 0.2) is 3.95 Å². The number of rotatable bonds is 5. The van der Waals surface area contributed by atoms with Crippen LogP contribution in [0.1, 0.15) is 37.8 Å². The van der Waals surface area contributed by atoms with E-state index in [0.29, 0.717) is 9.09 Å². The van der Waals surface area contributed by atoms with E-state index in [1.54, 1.807) is 0 Å². The van der Waals surface area contributed by atoms with Crippen molar-refractivity contribution in [2.45, 2.75) is 32.7 Å². The molecule has 0 unspecified atom stereocenters. The SMILES string of the molecule is CC(C)(C)[C@H](NC(=O)OCC1c2ccccc2-c2ccccc21)C(=O)Nc1n[nH]c(=S)s1. The van der Waals surface area contributed by atoms with Crippen molar-refractivity contribution in [3.8, 4) is 11.1 Å². The number of hydrogen-bond donors (Lipinski definition) is 3. The van der Waals surface area contributed by atoms with Crippen molar-refractivity contribution in [3.05, 3.63) is 63.6 Å². The second kappa shape index (κ2) is 8.84. The highest BCUT2D eigenvalue weighted by molar-refractivity contribution is 7.73. The molecule has 32 heavy (non-hydrogen) atoms. The Hall–Kier alpha value is -3.04. The lowest BCUT2D eigenvalue weighted by molar-refractivity contribution is -0.120. The number of fused-ring (bicyclic) bond motifs is 3. The van der Waals surface area contributed by atoms with Gasteiger partial charge in [-0.3, -0.25) is 15.2 Å². The Balaban J connectivity index is 1.45. The lowest BCUT2D eigenvalue weighted by Crippen LogP contribution is -2.51. The molecule has 0 bridgehead atoms. The Morgan fingerprint density at radius 2 is 1.72 bits per heavy atom. The maximum atomic E-state index is 12.8. The summed E-state index contributed by atoms with van der Waals surface area (Å²) in [6, 6.07) is 15.5. The van der Waals surface area contributed by atoms with E-state index in [-0.39, 0.29) is 18.4 Å². The van der Waals surface area contributed by atoms with Gasteiger partial charge in [-0.2, -0.15) is 0 Å². The Labute approximate surface area is 195 Å². The van der Waals surface area contributed by atoms with Gasteiger partial charge in [0.1, 0.15) is 12.6 Å². The molecule has 2 amide bonds. The molecule has 0 radical (unpaired) electrons. The number of carbonyl (C=O) groups excluding carboxylic acids is 2. The minimum atomic E-state index is -0.823. The molecule has 1 atom stereocenters. The molecule has 0 aliphatic heterocycles. The van der Waals surface area contributed by atoms with E-state index in [2.05, 4.69) is 45.1 Å². The predicted molar refractivity (Wildman–Crippen MR) is 127 cm³/mol. The Kier molecular flexibility index (Phi) is 6.12. The molecule has 4 rings (SSSR count). The van der Waals surface area contributed by atoms with Crippen molar-refractivity contribution in [1.29, 1.82) is 0 Å². The van der Waals surface area contributed by atoms with Crippen molar-refractivity contribution in [1.82, 2.24) is 15.5 Å². The zero-order valence-electron chi connectivity index (χ0n) is 18.0. The lowest BCUT2D eigenvalue weighted by Gasteiger charge is -2.29. The van der Waals surface area contributed by atoms with Crippen LogP contribution in [0, 0.1) is 9.37 Å². The van der Waals surface area contributed by atoms with Crippen LogP contribution in [0.2, 0.25) is 0 Å². The molecule has 3 N–H and O–H groups in total. The number of alkyl carbamates (subject to hydrolysis) is 1. The highest BCUT2D eigenvalue weighted by atomic mass is 32.1. The zero-order chi connectivity index (χ0) is 22.9. The van der Waals surface area contributed by atoms with E-state index in [4.69, 9.17) is 17.0 Å². The van der Waals surface area contributed by atoms with Crippen LogP contribution in [0.4, 0.5) is 9.93 Å². The normalized spacial score (nSPS) is 13.7. The topological polar surface area (TPSA) is 96.1 Å². The summed E-state index contributed by atoms with van der Waals surface area (Å²) in [6.45, 7) is 5.79. The van der Waals surface area contributed by atoms with Crippen LogP contribution < -0.4 is 10.6 Å².